The van der Waals surface area contributed by atoms with E-state index in [0.29, 0.717) is 12.5 Å². The summed E-state index contributed by atoms with van der Waals surface area (Å²) in [5.74, 6) is 0.494. The van der Waals surface area contributed by atoms with Gasteiger partial charge in [0, 0.05) is 12.5 Å². The number of rotatable bonds is 2. The van der Waals surface area contributed by atoms with Crippen LogP contribution in [0.15, 0.2) is 60.7 Å². The Morgan fingerprint density at radius 2 is 1.52 bits per heavy atom. The quantitative estimate of drug-likeness (QED) is 0.816. The molecule has 2 aromatic carbocycles. The van der Waals surface area contributed by atoms with E-state index in [1.54, 1.807) is 0 Å². The average molecular weight is 307 g/mol. The number of benzene rings is 2. The predicted octanol–water partition coefficient (Wildman–Crippen LogP) is 4.52. The number of carbonyl (C=O) groups is 1. The standard InChI is InChI=1S/C20H21NO2/c22-20-21-18(11-12-23-20)13-17(15-7-3-1-4-8-15)14-19(21)16-9-5-2-6-10-16/h1-10,17-19H,11-14H2. The van der Waals surface area contributed by atoms with Crippen LogP contribution in [0.3, 0.4) is 0 Å². The van der Waals surface area contributed by atoms with Crippen molar-refractivity contribution >= 4 is 6.09 Å². The van der Waals surface area contributed by atoms with E-state index in [1.165, 1.54) is 11.1 Å². The molecule has 2 fully saturated rings. The molecule has 2 aromatic rings. The van der Waals surface area contributed by atoms with E-state index in [-0.39, 0.29) is 18.2 Å². The Kier molecular flexibility index (Phi) is 3.78. The van der Waals surface area contributed by atoms with E-state index in [0.717, 1.165) is 19.3 Å². The fourth-order valence-corrected chi connectivity index (χ4v) is 4.04. The highest BCUT2D eigenvalue weighted by Crippen LogP contribution is 2.44. The number of hydrogen-bond donors (Lipinski definition) is 0. The summed E-state index contributed by atoms with van der Waals surface area (Å²) in [6.45, 7) is 0.545. The topological polar surface area (TPSA) is 29.5 Å². The molecule has 4 rings (SSSR count). The summed E-state index contributed by atoms with van der Waals surface area (Å²) >= 11 is 0. The third kappa shape index (κ3) is 2.72. The number of carbonyl (C=O) groups excluding carboxylic acids is 1. The van der Waals surface area contributed by atoms with Crippen LogP contribution in [0.25, 0.3) is 0 Å². The molecule has 0 N–H and O–H groups in total. The SMILES string of the molecule is O=C1OCCC2CC(c3ccccc3)CC(c3ccccc3)N12. The van der Waals surface area contributed by atoms with Gasteiger partial charge in [-0.2, -0.15) is 0 Å². The molecule has 23 heavy (non-hydrogen) atoms. The molecular weight excluding hydrogens is 286 g/mol. The molecule has 0 saturated carbocycles. The molecule has 118 valence electrons. The lowest BCUT2D eigenvalue weighted by Gasteiger charge is -2.47. The summed E-state index contributed by atoms with van der Waals surface area (Å²) in [4.78, 5) is 14.3. The maximum atomic E-state index is 12.4. The van der Waals surface area contributed by atoms with Gasteiger partial charge in [0.15, 0.2) is 0 Å². The molecule has 2 aliphatic heterocycles. The minimum absolute atomic E-state index is 0.105. The maximum Gasteiger partial charge on any atom is 0.410 e. The number of ether oxygens (including phenoxy) is 1. The molecule has 0 spiro atoms. The fourth-order valence-electron chi connectivity index (χ4n) is 4.04. The summed E-state index contributed by atoms with van der Waals surface area (Å²) in [6.07, 6.45) is 2.77. The Morgan fingerprint density at radius 3 is 2.22 bits per heavy atom. The van der Waals surface area contributed by atoms with Crippen LogP contribution < -0.4 is 0 Å². The second-order valence-electron chi connectivity index (χ2n) is 6.47. The van der Waals surface area contributed by atoms with E-state index in [2.05, 4.69) is 42.5 Å². The van der Waals surface area contributed by atoms with Crippen LogP contribution in [0.5, 0.6) is 0 Å². The van der Waals surface area contributed by atoms with Crippen LogP contribution in [0.2, 0.25) is 0 Å². The third-order valence-corrected chi connectivity index (χ3v) is 5.14. The van der Waals surface area contributed by atoms with E-state index >= 15 is 0 Å². The van der Waals surface area contributed by atoms with Crippen molar-refractivity contribution in [3.05, 3.63) is 71.8 Å². The van der Waals surface area contributed by atoms with Crippen LogP contribution in [0.1, 0.15) is 42.3 Å². The molecule has 0 aromatic heterocycles. The monoisotopic (exact) mass is 307 g/mol. The largest absolute Gasteiger partial charge is 0.449 e. The third-order valence-electron chi connectivity index (χ3n) is 5.14. The second kappa shape index (κ2) is 6.07. The summed E-state index contributed by atoms with van der Waals surface area (Å²) < 4.78 is 5.33. The number of amides is 1. The van der Waals surface area contributed by atoms with Gasteiger partial charge in [0.2, 0.25) is 0 Å². The van der Waals surface area contributed by atoms with Crippen LogP contribution in [-0.4, -0.2) is 23.6 Å². The lowest BCUT2D eigenvalue weighted by Crippen LogP contribution is -2.51. The zero-order chi connectivity index (χ0) is 15.6. The van der Waals surface area contributed by atoms with Crippen LogP contribution >= 0.6 is 0 Å². The van der Waals surface area contributed by atoms with Gasteiger partial charge in [-0.05, 0) is 29.9 Å². The Hall–Kier alpha value is -2.29. The molecule has 3 unspecified atom stereocenters. The van der Waals surface area contributed by atoms with Gasteiger partial charge in [-0.25, -0.2) is 4.79 Å². The Bertz CT molecular complexity index is 671. The van der Waals surface area contributed by atoms with E-state index < -0.39 is 0 Å². The number of hydrogen-bond acceptors (Lipinski definition) is 2. The van der Waals surface area contributed by atoms with Crippen molar-refractivity contribution in [1.29, 1.82) is 0 Å². The van der Waals surface area contributed by atoms with Crippen molar-refractivity contribution in [3.63, 3.8) is 0 Å². The first-order chi connectivity index (χ1) is 11.3. The second-order valence-corrected chi connectivity index (χ2v) is 6.47. The minimum Gasteiger partial charge on any atom is -0.449 e. The van der Waals surface area contributed by atoms with Gasteiger partial charge in [-0.3, -0.25) is 4.90 Å². The molecule has 2 aliphatic rings. The zero-order valence-corrected chi connectivity index (χ0v) is 13.1. The lowest BCUT2D eigenvalue weighted by atomic mass is 9.78. The summed E-state index contributed by atoms with van der Waals surface area (Å²) in [5, 5.41) is 0. The normalized spacial score (nSPS) is 27.2. The Balaban J connectivity index is 1.69. The molecule has 2 saturated heterocycles. The van der Waals surface area contributed by atoms with Crippen molar-refractivity contribution in [2.45, 2.75) is 37.3 Å². The lowest BCUT2D eigenvalue weighted by molar-refractivity contribution is -0.00169. The zero-order valence-electron chi connectivity index (χ0n) is 13.1. The van der Waals surface area contributed by atoms with Crippen molar-refractivity contribution < 1.29 is 9.53 Å². The Labute approximate surface area is 136 Å². The molecule has 3 heteroatoms. The van der Waals surface area contributed by atoms with Crippen molar-refractivity contribution in [2.24, 2.45) is 0 Å². The van der Waals surface area contributed by atoms with Gasteiger partial charge in [0.05, 0.1) is 12.6 Å². The van der Waals surface area contributed by atoms with Gasteiger partial charge < -0.3 is 4.74 Å². The summed E-state index contributed by atoms with van der Waals surface area (Å²) in [5.41, 5.74) is 2.59. The molecule has 3 nitrogen and oxygen atoms in total. The summed E-state index contributed by atoms with van der Waals surface area (Å²) in [6, 6.07) is 21.4. The highest BCUT2D eigenvalue weighted by Gasteiger charge is 2.42. The van der Waals surface area contributed by atoms with Gasteiger partial charge >= 0.3 is 6.09 Å². The van der Waals surface area contributed by atoms with Gasteiger partial charge in [0.1, 0.15) is 0 Å². The fraction of sp³-hybridized carbons (Fsp3) is 0.350. The molecule has 3 atom stereocenters. The molecule has 0 radical (unpaired) electrons. The van der Waals surface area contributed by atoms with Crippen LogP contribution in [-0.2, 0) is 4.74 Å². The van der Waals surface area contributed by atoms with Crippen molar-refractivity contribution in [1.82, 2.24) is 4.90 Å². The molecule has 0 aliphatic carbocycles. The van der Waals surface area contributed by atoms with E-state index in [9.17, 15) is 4.79 Å². The first-order valence-electron chi connectivity index (χ1n) is 8.38. The molecular formula is C20H21NO2. The van der Waals surface area contributed by atoms with E-state index in [4.69, 9.17) is 4.74 Å². The number of nitrogens with zero attached hydrogens (tertiary/aromatic N) is 1. The van der Waals surface area contributed by atoms with Crippen LogP contribution in [0.4, 0.5) is 4.79 Å². The van der Waals surface area contributed by atoms with Crippen molar-refractivity contribution in [3.8, 4) is 0 Å². The number of piperidine rings is 1. The highest BCUT2D eigenvalue weighted by molar-refractivity contribution is 5.70. The first kappa shape index (κ1) is 14.3. The number of cyclic esters (lactones) is 1. The van der Waals surface area contributed by atoms with E-state index in [1.807, 2.05) is 23.1 Å². The average Bonchev–Trinajstić information content (AvgIpc) is 2.62. The summed E-state index contributed by atoms with van der Waals surface area (Å²) in [7, 11) is 0. The van der Waals surface area contributed by atoms with Gasteiger partial charge in [0.25, 0.3) is 0 Å². The highest BCUT2D eigenvalue weighted by atomic mass is 16.6. The minimum atomic E-state index is -0.151. The van der Waals surface area contributed by atoms with Crippen LogP contribution in [0, 0.1) is 0 Å². The van der Waals surface area contributed by atoms with Gasteiger partial charge in [-0.1, -0.05) is 60.7 Å². The van der Waals surface area contributed by atoms with Crippen molar-refractivity contribution in [2.75, 3.05) is 6.61 Å². The van der Waals surface area contributed by atoms with Gasteiger partial charge in [-0.15, -0.1) is 0 Å². The molecule has 2 heterocycles. The molecule has 1 amide bonds. The Morgan fingerprint density at radius 1 is 0.870 bits per heavy atom. The number of fused-ring (bicyclic) bond motifs is 1. The smallest absolute Gasteiger partial charge is 0.410 e. The molecule has 0 bridgehead atoms. The maximum absolute atomic E-state index is 12.4. The predicted molar refractivity (Wildman–Crippen MR) is 89.2 cm³/mol. The first-order valence-corrected chi connectivity index (χ1v) is 8.38.